The van der Waals surface area contributed by atoms with Crippen LogP contribution in [0, 0.1) is 11.3 Å². The molecule has 0 aliphatic carbocycles. The van der Waals surface area contributed by atoms with Gasteiger partial charge in [-0.15, -0.1) is 0 Å². The molecule has 5 heteroatoms. The molecule has 1 unspecified atom stereocenters. The molecule has 1 aliphatic rings. The monoisotopic (exact) mass is 285 g/mol. The first kappa shape index (κ1) is 17.4. The Labute approximate surface area is 123 Å². The second-order valence-electron chi connectivity index (χ2n) is 6.44. The third kappa shape index (κ3) is 5.77. The molecule has 1 amide bonds. The molecular weight excluding hydrogens is 254 g/mol. The predicted octanol–water partition coefficient (Wildman–Crippen LogP) is 0.707. The number of piperidine rings is 1. The average molecular weight is 285 g/mol. The lowest BCUT2D eigenvalue weighted by atomic mass is 9.74. The van der Waals surface area contributed by atoms with Gasteiger partial charge in [-0.3, -0.25) is 4.79 Å². The minimum Gasteiger partial charge on any atom is -0.378 e. The lowest BCUT2D eigenvalue weighted by Gasteiger charge is -2.36. The summed E-state index contributed by atoms with van der Waals surface area (Å²) in [6, 6.07) is 0. The Morgan fingerprint density at radius 3 is 2.75 bits per heavy atom. The number of rotatable bonds is 8. The lowest BCUT2D eigenvalue weighted by molar-refractivity contribution is -0.132. The van der Waals surface area contributed by atoms with Gasteiger partial charge in [-0.05, 0) is 45.9 Å². The van der Waals surface area contributed by atoms with Crippen LogP contribution in [0.15, 0.2) is 0 Å². The van der Waals surface area contributed by atoms with Gasteiger partial charge >= 0.3 is 0 Å². The molecule has 1 aliphatic heterocycles. The molecule has 5 nitrogen and oxygen atoms in total. The van der Waals surface area contributed by atoms with E-state index in [1.54, 1.807) is 0 Å². The van der Waals surface area contributed by atoms with Gasteiger partial charge in [0.05, 0.1) is 13.2 Å². The number of carbonyl (C=O) groups excluding carboxylic acids is 1. The summed E-state index contributed by atoms with van der Waals surface area (Å²) in [5.74, 6) is 0.563. The Balaban J connectivity index is 2.20. The highest BCUT2D eigenvalue weighted by Gasteiger charge is 2.36. The van der Waals surface area contributed by atoms with Crippen molar-refractivity contribution in [3.8, 4) is 0 Å². The van der Waals surface area contributed by atoms with Gasteiger partial charge in [0.15, 0.2) is 0 Å². The van der Waals surface area contributed by atoms with Crippen LogP contribution in [0.3, 0.4) is 0 Å². The van der Waals surface area contributed by atoms with Crippen molar-refractivity contribution in [1.29, 1.82) is 0 Å². The molecule has 1 atom stereocenters. The molecule has 0 aromatic heterocycles. The molecule has 20 heavy (non-hydrogen) atoms. The van der Waals surface area contributed by atoms with E-state index in [4.69, 9.17) is 4.74 Å². The summed E-state index contributed by atoms with van der Waals surface area (Å²) in [5.41, 5.74) is -0.308. The van der Waals surface area contributed by atoms with Crippen LogP contribution >= 0.6 is 0 Å². The summed E-state index contributed by atoms with van der Waals surface area (Å²) in [5, 5.41) is 6.38. The molecule has 0 bridgehead atoms. The number of hydrogen-bond donors (Lipinski definition) is 2. The molecule has 0 aromatic carbocycles. The van der Waals surface area contributed by atoms with E-state index in [1.807, 2.05) is 27.9 Å². The number of hydrogen-bond acceptors (Lipinski definition) is 4. The van der Waals surface area contributed by atoms with Crippen LogP contribution in [0.5, 0.6) is 0 Å². The van der Waals surface area contributed by atoms with Gasteiger partial charge in [0.1, 0.15) is 0 Å². The lowest BCUT2D eigenvalue weighted by Crippen LogP contribution is -2.47. The van der Waals surface area contributed by atoms with E-state index in [0.717, 1.165) is 32.5 Å². The molecule has 2 N–H and O–H groups in total. The summed E-state index contributed by atoms with van der Waals surface area (Å²) in [7, 11) is 4.04. The number of nitrogens with one attached hydrogen (secondary N) is 2. The predicted molar refractivity (Wildman–Crippen MR) is 81.8 cm³/mol. The van der Waals surface area contributed by atoms with Crippen molar-refractivity contribution in [2.45, 2.75) is 26.7 Å². The zero-order valence-electron chi connectivity index (χ0n) is 13.5. The maximum Gasteiger partial charge on any atom is 0.226 e. The Morgan fingerprint density at radius 2 is 2.15 bits per heavy atom. The van der Waals surface area contributed by atoms with E-state index in [0.29, 0.717) is 25.7 Å². The number of amides is 1. The van der Waals surface area contributed by atoms with Gasteiger partial charge in [-0.25, -0.2) is 0 Å². The fraction of sp³-hybridized carbons (Fsp3) is 0.933. The highest BCUT2D eigenvalue weighted by molar-refractivity contribution is 5.82. The Hall–Kier alpha value is -0.650. The third-order valence-electron chi connectivity index (χ3n) is 4.12. The molecule has 1 rings (SSSR count). The van der Waals surface area contributed by atoms with E-state index in [1.165, 1.54) is 0 Å². The third-order valence-corrected chi connectivity index (χ3v) is 4.12. The van der Waals surface area contributed by atoms with Crippen LogP contribution < -0.4 is 10.6 Å². The van der Waals surface area contributed by atoms with Gasteiger partial charge in [0, 0.05) is 18.5 Å². The Bertz CT molecular complexity index is 287. The molecule has 0 spiro atoms. The maximum atomic E-state index is 12.3. The van der Waals surface area contributed by atoms with E-state index >= 15 is 0 Å². The van der Waals surface area contributed by atoms with Gasteiger partial charge in [-0.1, -0.05) is 13.8 Å². The number of likely N-dealkylation sites (N-methyl/N-ethyl adjacent to an activating group) is 1. The normalized spacial score (nSPS) is 20.1. The van der Waals surface area contributed by atoms with Gasteiger partial charge in [0.25, 0.3) is 0 Å². The SMILES string of the molecule is CN(C)CCOCCNC(=O)C(C)(C)C1CCCNC1. The first-order valence-corrected chi connectivity index (χ1v) is 7.66. The second-order valence-corrected chi connectivity index (χ2v) is 6.44. The van der Waals surface area contributed by atoms with E-state index < -0.39 is 0 Å². The second kappa shape index (κ2) is 8.60. The molecule has 0 saturated carbocycles. The smallest absolute Gasteiger partial charge is 0.226 e. The van der Waals surface area contributed by atoms with Gasteiger partial charge in [0.2, 0.25) is 5.91 Å². The summed E-state index contributed by atoms with van der Waals surface area (Å²) in [4.78, 5) is 14.4. The molecule has 0 aromatic rings. The molecule has 1 saturated heterocycles. The molecule has 1 heterocycles. The van der Waals surface area contributed by atoms with Crippen molar-refractivity contribution in [2.24, 2.45) is 11.3 Å². The molecule has 1 fully saturated rings. The van der Waals surface area contributed by atoms with Crippen molar-refractivity contribution < 1.29 is 9.53 Å². The van der Waals surface area contributed by atoms with Gasteiger partial charge < -0.3 is 20.3 Å². The number of nitrogens with zero attached hydrogens (tertiary/aromatic N) is 1. The molecular formula is C15H31N3O2. The van der Waals surface area contributed by atoms with Crippen molar-refractivity contribution in [1.82, 2.24) is 15.5 Å². The molecule has 0 radical (unpaired) electrons. The number of carbonyl (C=O) groups is 1. The van der Waals surface area contributed by atoms with Crippen molar-refractivity contribution in [3.63, 3.8) is 0 Å². The highest BCUT2D eigenvalue weighted by Crippen LogP contribution is 2.31. The number of ether oxygens (including phenoxy) is 1. The van der Waals surface area contributed by atoms with Crippen molar-refractivity contribution in [3.05, 3.63) is 0 Å². The average Bonchev–Trinajstić information content (AvgIpc) is 2.43. The van der Waals surface area contributed by atoms with Crippen LogP contribution in [0.2, 0.25) is 0 Å². The quantitative estimate of drug-likeness (QED) is 0.645. The van der Waals surface area contributed by atoms with Crippen molar-refractivity contribution >= 4 is 5.91 Å². The fourth-order valence-electron chi connectivity index (χ4n) is 2.47. The fourth-order valence-corrected chi connectivity index (χ4v) is 2.47. The first-order chi connectivity index (χ1) is 9.44. The maximum absolute atomic E-state index is 12.3. The zero-order valence-corrected chi connectivity index (χ0v) is 13.5. The standard InChI is InChI=1S/C15H31N3O2/c1-15(2,13-6-5-7-16-12-13)14(19)17-8-10-20-11-9-18(3)4/h13,16H,5-12H2,1-4H3,(H,17,19). The Morgan fingerprint density at radius 1 is 1.40 bits per heavy atom. The van der Waals surface area contributed by atoms with Crippen LogP contribution in [0.1, 0.15) is 26.7 Å². The first-order valence-electron chi connectivity index (χ1n) is 7.66. The van der Waals surface area contributed by atoms with E-state index in [9.17, 15) is 4.79 Å². The Kier molecular flexibility index (Phi) is 7.48. The van der Waals surface area contributed by atoms with Crippen LogP contribution in [-0.4, -0.2) is 64.3 Å². The minimum atomic E-state index is -0.308. The zero-order chi connectivity index (χ0) is 15.0. The van der Waals surface area contributed by atoms with Crippen LogP contribution in [0.4, 0.5) is 0 Å². The highest BCUT2D eigenvalue weighted by atomic mass is 16.5. The summed E-state index contributed by atoms with van der Waals surface area (Å²) < 4.78 is 5.48. The topological polar surface area (TPSA) is 53.6 Å². The minimum absolute atomic E-state index is 0.141. The van der Waals surface area contributed by atoms with Crippen molar-refractivity contribution in [2.75, 3.05) is 53.5 Å². The summed E-state index contributed by atoms with van der Waals surface area (Å²) >= 11 is 0. The van der Waals surface area contributed by atoms with Gasteiger partial charge in [-0.2, -0.15) is 0 Å². The van der Waals surface area contributed by atoms with E-state index in [2.05, 4.69) is 15.5 Å². The van der Waals surface area contributed by atoms with E-state index in [-0.39, 0.29) is 11.3 Å². The summed E-state index contributed by atoms with van der Waals surface area (Å²) in [6.45, 7) is 8.91. The largest absolute Gasteiger partial charge is 0.378 e. The summed E-state index contributed by atoms with van der Waals surface area (Å²) in [6.07, 6.45) is 2.29. The molecule has 118 valence electrons. The van der Waals surface area contributed by atoms with Crippen LogP contribution in [0.25, 0.3) is 0 Å². The van der Waals surface area contributed by atoms with Crippen LogP contribution in [-0.2, 0) is 9.53 Å².